The number of Topliss-reactive ketones (excluding diaryl/α,β-unsaturated/α-hetero) is 1. The third-order valence-electron chi connectivity index (χ3n) is 2.79. The fourth-order valence-corrected chi connectivity index (χ4v) is 1.84. The SMILES string of the molecule is Cc1cc([N+](=O)[O-])ccc1C(=O)Cc1ccccn1. The molecule has 0 N–H and O–H groups in total. The van der Waals surface area contributed by atoms with Gasteiger partial charge >= 0.3 is 0 Å². The number of aromatic nitrogens is 1. The average Bonchev–Trinajstić information content (AvgIpc) is 2.39. The van der Waals surface area contributed by atoms with Gasteiger partial charge in [0.05, 0.1) is 11.3 Å². The lowest BCUT2D eigenvalue weighted by Gasteiger charge is -2.04. The van der Waals surface area contributed by atoms with Crippen molar-refractivity contribution in [1.82, 2.24) is 4.98 Å². The van der Waals surface area contributed by atoms with Crippen molar-refractivity contribution in [2.45, 2.75) is 13.3 Å². The molecule has 0 saturated heterocycles. The van der Waals surface area contributed by atoms with E-state index < -0.39 is 4.92 Å². The van der Waals surface area contributed by atoms with E-state index in [0.717, 1.165) is 0 Å². The molecule has 5 nitrogen and oxygen atoms in total. The van der Waals surface area contributed by atoms with Crippen molar-refractivity contribution < 1.29 is 9.72 Å². The second-order valence-electron chi connectivity index (χ2n) is 4.18. The maximum atomic E-state index is 12.1. The summed E-state index contributed by atoms with van der Waals surface area (Å²) < 4.78 is 0. The van der Waals surface area contributed by atoms with Crippen LogP contribution in [0, 0.1) is 17.0 Å². The van der Waals surface area contributed by atoms with E-state index >= 15 is 0 Å². The molecule has 2 aromatic rings. The summed E-state index contributed by atoms with van der Waals surface area (Å²) in [6, 6.07) is 9.63. The molecule has 2 rings (SSSR count). The molecule has 0 radical (unpaired) electrons. The zero-order chi connectivity index (χ0) is 13.8. The highest BCUT2D eigenvalue weighted by Gasteiger charge is 2.14. The normalized spacial score (nSPS) is 10.2. The van der Waals surface area contributed by atoms with Gasteiger partial charge < -0.3 is 0 Å². The van der Waals surface area contributed by atoms with Crippen LogP contribution in [-0.4, -0.2) is 15.7 Å². The van der Waals surface area contributed by atoms with Gasteiger partial charge in [-0.1, -0.05) is 6.07 Å². The summed E-state index contributed by atoms with van der Waals surface area (Å²) in [7, 11) is 0. The molecular formula is C14H12N2O3. The molecular weight excluding hydrogens is 244 g/mol. The van der Waals surface area contributed by atoms with E-state index in [1.54, 1.807) is 25.3 Å². The van der Waals surface area contributed by atoms with Crippen LogP contribution >= 0.6 is 0 Å². The van der Waals surface area contributed by atoms with Gasteiger partial charge in [-0.15, -0.1) is 0 Å². The number of ketones is 1. The first kappa shape index (κ1) is 12.9. The van der Waals surface area contributed by atoms with Crippen LogP contribution in [0.25, 0.3) is 0 Å². The fourth-order valence-electron chi connectivity index (χ4n) is 1.84. The highest BCUT2D eigenvalue weighted by atomic mass is 16.6. The Morgan fingerprint density at radius 2 is 2.11 bits per heavy atom. The highest BCUT2D eigenvalue weighted by Crippen LogP contribution is 2.18. The average molecular weight is 256 g/mol. The van der Waals surface area contributed by atoms with Gasteiger partial charge in [0.1, 0.15) is 0 Å². The number of rotatable bonds is 4. The van der Waals surface area contributed by atoms with Crippen LogP contribution in [0.1, 0.15) is 21.6 Å². The summed E-state index contributed by atoms with van der Waals surface area (Å²) in [5.41, 5.74) is 1.78. The maximum absolute atomic E-state index is 12.1. The summed E-state index contributed by atoms with van der Waals surface area (Å²) in [5, 5.41) is 10.6. The Morgan fingerprint density at radius 3 is 2.68 bits per heavy atom. The van der Waals surface area contributed by atoms with E-state index in [9.17, 15) is 14.9 Å². The lowest BCUT2D eigenvalue weighted by atomic mass is 10.0. The number of carbonyl (C=O) groups excluding carboxylic acids is 1. The Kier molecular flexibility index (Phi) is 3.66. The highest BCUT2D eigenvalue weighted by molar-refractivity contribution is 5.98. The van der Waals surface area contributed by atoms with Crippen LogP contribution in [0.15, 0.2) is 42.6 Å². The standard InChI is InChI=1S/C14H12N2O3/c1-10-8-12(16(18)19)5-6-13(10)14(17)9-11-4-2-3-7-15-11/h2-8H,9H2,1H3. The predicted octanol–water partition coefficient (Wildman–Crippen LogP) is 2.72. The number of hydrogen-bond donors (Lipinski definition) is 0. The number of nitro benzene ring substituents is 1. The van der Waals surface area contributed by atoms with Crippen molar-refractivity contribution in [1.29, 1.82) is 0 Å². The Hall–Kier alpha value is -2.56. The van der Waals surface area contributed by atoms with E-state index in [2.05, 4.69) is 4.98 Å². The van der Waals surface area contributed by atoms with Crippen molar-refractivity contribution >= 4 is 11.5 Å². The molecule has 0 saturated carbocycles. The molecule has 0 unspecified atom stereocenters. The number of nitro groups is 1. The number of hydrogen-bond acceptors (Lipinski definition) is 4. The minimum atomic E-state index is -0.472. The molecule has 1 aromatic heterocycles. The molecule has 19 heavy (non-hydrogen) atoms. The Labute approximate surface area is 110 Å². The molecule has 0 amide bonds. The summed E-state index contributed by atoms with van der Waals surface area (Å²) in [5.74, 6) is -0.0916. The topological polar surface area (TPSA) is 73.1 Å². The molecule has 0 aliphatic heterocycles. The van der Waals surface area contributed by atoms with Crippen LogP contribution < -0.4 is 0 Å². The number of non-ortho nitro benzene ring substituents is 1. The lowest BCUT2D eigenvalue weighted by Crippen LogP contribution is -2.07. The van der Waals surface area contributed by atoms with Crippen molar-refractivity contribution in [3.63, 3.8) is 0 Å². The van der Waals surface area contributed by atoms with Crippen LogP contribution in [0.2, 0.25) is 0 Å². The van der Waals surface area contributed by atoms with Crippen LogP contribution in [0.4, 0.5) is 5.69 Å². The van der Waals surface area contributed by atoms with Crippen molar-refractivity contribution in [3.05, 3.63) is 69.5 Å². The third kappa shape index (κ3) is 3.01. The first-order valence-electron chi connectivity index (χ1n) is 5.76. The number of benzene rings is 1. The number of nitrogens with zero attached hydrogens (tertiary/aromatic N) is 2. The molecule has 0 aliphatic carbocycles. The second kappa shape index (κ2) is 5.39. The smallest absolute Gasteiger partial charge is 0.269 e. The van der Waals surface area contributed by atoms with E-state index in [4.69, 9.17) is 0 Å². The van der Waals surface area contributed by atoms with Crippen LogP contribution in [0.3, 0.4) is 0 Å². The Balaban J connectivity index is 2.22. The number of pyridine rings is 1. The first-order valence-corrected chi connectivity index (χ1v) is 5.76. The molecule has 0 spiro atoms. The molecule has 1 aromatic carbocycles. The monoisotopic (exact) mass is 256 g/mol. The van der Waals surface area contributed by atoms with Crippen molar-refractivity contribution in [2.75, 3.05) is 0 Å². The molecule has 1 heterocycles. The Morgan fingerprint density at radius 1 is 1.32 bits per heavy atom. The zero-order valence-electron chi connectivity index (χ0n) is 10.4. The van der Waals surface area contributed by atoms with Gasteiger partial charge in [0.25, 0.3) is 5.69 Å². The largest absolute Gasteiger partial charge is 0.294 e. The van der Waals surface area contributed by atoms with Gasteiger partial charge in [0, 0.05) is 29.6 Å². The van der Waals surface area contributed by atoms with Crippen LogP contribution in [-0.2, 0) is 6.42 Å². The van der Waals surface area contributed by atoms with E-state index in [-0.39, 0.29) is 17.9 Å². The first-order chi connectivity index (χ1) is 9.08. The van der Waals surface area contributed by atoms with Gasteiger partial charge in [0.15, 0.2) is 5.78 Å². The predicted molar refractivity (Wildman–Crippen MR) is 70.1 cm³/mol. The molecule has 0 aliphatic rings. The Bertz CT molecular complexity index is 624. The van der Waals surface area contributed by atoms with E-state index in [0.29, 0.717) is 16.8 Å². The van der Waals surface area contributed by atoms with Gasteiger partial charge in [0.2, 0.25) is 0 Å². The van der Waals surface area contributed by atoms with Crippen LogP contribution in [0.5, 0.6) is 0 Å². The summed E-state index contributed by atoms with van der Waals surface area (Å²) in [6.07, 6.45) is 1.82. The van der Waals surface area contributed by atoms with Gasteiger partial charge in [-0.25, -0.2) is 0 Å². The van der Waals surface area contributed by atoms with Crippen molar-refractivity contribution in [2.24, 2.45) is 0 Å². The van der Waals surface area contributed by atoms with Gasteiger partial charge in [-0.3, -0.25) is 19.9 Å². The number of carbonyl (C=O) groups is 1. The summed E-state index contributed by atoms with van der Waals surface area (Å²) in [6.45, 7) is 1.69. The van der Waals surface area contributed by atoms with E-state index in [1.165, 1.54) is 18.2 Å². The minimum absolute atomic E-state index is 0.00751. The van der Waals surface area contributed by atoms with E-state index in [1.807, 2.05) is 6.07 Å². The molecule has 5 heteroatoms. The third-order valence-corrected chi connectivity index (χ3v) is 2.79. The maximum Gasteiger partial charge on any atom is 0.269 e. The summed E-state index contributed by atoms with van der Waals surface area (Å²) >= 11 is 0. The zero-order valence-corrected chi connectivity index (χ0v) is 10.4. The lowest BCUT2D eigenvalue weighted by molar-refractivity contribution is -0.384. The quantitative estimate of drug-likeness (QED) is 0.479. The second-order valence-corrected chi connectivity index (χ2v) is 4.18. The molecule has 96 valence electrons. The fraction of sp³-hybridized carbons (Fsp3) is 0.143. The molecule has 0 bridgehead atoms. The molecule has 0 atom stereocenters. The van der Waals surface area contributed by atoms with Gasteiger partial charge in [-0.2, -0.15) is 0 Å². The van der Waals surface area contributed by atoms with Crippen molar-refractivity contribution in [3.8, 4) is 0 Å². The minimum Gasteiger partial charge on any atom is -0.294 e. The molecule has 0 fully saturated rings. The number of aryl methyl sites for hydroxylation is 1. The van der Waals surface area contributed by atoms with Gasteiger partial charge in [-0.05, 0) is 30.7 Å². The summed E-state index contributed by atoms with van der Waals surface area (Å²) in [4.78, 5) is 26.4.